The Kier molecular flexibility index (Phi) is 2.72. The van der Waals surface area contributed by atoms with Gasteiger partial charge in [-0.15, -0.1) is 0 Å². The fraction of sp³-hybridized carbons (Fsp3) is 0. The molecular weight excluding hydrogens is 264 g/mol. The first-order valence-corrected chi connectivity index (χ1v) is 5.99. The van der Waals surface area contributed by atoms with Crippen LogP contribution < -0.4 is 0 Å². The molecule has 0 aliphatic rings. The van der Waals surface area contributed by atoms with E-state index in [2.05, 4.69) is 4.98 Å². The lowest BCUT2D eigenvalue weighted by molar-refractivity contribution is 0.0696. The normalized spacial score (nSPS) is 10.8. The van der Waals surface area contributed by atoms with Crippen molar-refractivity contribution in [2.45, 2.75) is 0 Å². The van der Waals surface area contributed by atoms with Crippen molar-refractivity contribution in [2.24, 2.45) is 0 Å². The van der Waals surface area contributed by atoms with Gasteiger partial charge in [0.25, 0.3) is 0 Å². The molecule has 5 heteroatoms. The molecule has 19 heavy (non-hydrogen) atoms. The Bertz CT molecular complexity index is 780. The summed E-state index contributed by atoms with van der Waals surface area (Å²) in [5, 5.41) is 9.59. The van der Waals surface area contributed by atoms with Gasteiger partial charge in [-0.1, -0.05) is 23.7 Å². The van der Waals surface area contributed by atoms with Gasteiger partial charge in [0.05, 0.1) is 11.3 Å². The third-order valence-electron chi connectivity index (χ3n) is 2.82. The first kappa shape index (κ1) is 11.7. The molecule has 0 unspecified atom stereocenters. The van der Waals surface area contributed by atoms with E-state index in [0.29, 0.717) is 10.7 Å². The molecule has 0 saturated carbocycles. The number of pyridine rings is 1. The van der Waals surface area contributed by atoms with Crippen LogP contribution in [-0.2, 0) is 0 Å². The number of benzene rings is 1. The van der Waals surface area contributed by atoms with Crippen molar-refractivity contribution >= 4 is 23.2 Å². The molecule has 1 aromatic carbocycles. The Morgan fingerprint density at radius 1 is 1.21 bits per heavy atom. The highest BCUT2D eigenvalue weighted by Crippen LogP contribution is 2.22. The van der Waals surface area contributed by atoms with E-state index in [1.807, 2.05) is 18.2 Å². The number of hydrogen-bond donors (Lipinski definition) is 1. The molecule has 0 saturated heterocycles. The maximum Gasteiger partial charge on any atom is 0.337 e. The van der Waals surface area contributed by atoms with Crippen LogP contribution in [-0.4, -0.2) is 20.5 Å². The number of fused-ring (bicyclic) bond motifs is 1. The Balaban J connectivity index is 2.14. The van der Waals surface area contributed by atoms with E-state index in [1.165, 1.54) is 6.07 Å². The van der Waals surface area contributed by atoms with Gasteiger partial charge in [-0.25, -0.2) is 9.78 Å². The van der Waals surface area contributed by atoms with Crippen LogP contribution in [0, 0.1) is 0 Å². The molecule has 0 atom stereocenters. The van der Waals surface area contributed by atoms with Gasteiger partial charge in [0.1, 0.15) is 5.65 Å². The largest absolute Gasteiger partial charge is 0.478 e. The van der Waals surface area contributed by atoms with Gasteiger partial charge in [0, 0.05) is 23.0 Å². The summed E-state index contributed by atoms with van der Waals surface area (Å²) in [4.78, 5) is 15.4. The molecule has 3 rings (SSSR count). The fourth-order valence-corrected chi connectivity index (χ4v) is 2.10. The topological polar surface area (TPSA) is 54.6 Å². The number of hydrogen-bond acceptors (Lipinski definition) is 2. The maximum absolute atomic E-state index is 10.9. The van der Waals surface area contributed by atoms with E-state index in [9.17, 15) is 4.79 Å². The van der Waals surface area contributed by atoms with Crippen LogP contribution in [0.2, 0.25) is 5.02 Å². The highest BCUT2D eigenvalue weighted by Gasteiger charge is 2.08. The van der Waals surface area contributed by atoms with Crippen molar-refractivity contribution in [3.63, 3.8) is 0 Å². The molecule has 0 aliphatic carbocycles. The molecule has 0 bridgehead atoms. The van der Waals surface area contributed by atoms with E-state index in [4.69, 9.17) is 16.7 Å². The summed E-state index contributed by atoms with van der Waals surface area (Å²) in [5.41, 5.74) is 2.57. The van der Waals surface area contributed by atoms with Crippen molar-refractivity contribution in [3.8, 4) is 11.3 Å². The fourth-order valence-electron chi connectivity index (χ4n) is 1.91. The van der Waals surface area contributed by atoms with E-state index in [1.54, 1.807) is 28.9 Å². The number of halogens is 1. The van der Waals surface area contributed by atoms with Crippen LogP contribution in [0.3, 0.4) is 0 Å². The quantitative estimate of drug-likeness (QED) is 0.778. The van der Waals surface area contributed by atoms with Gasteiger partial charge >= 0.3 is 5.97 Å². The molecule has 3 aromatic rings. The predicted molar refractivity (Wildman–Crippen MR) is 72.6 cm³/mol. The molecule has 2 heterocycles. The van der Waals surface area contributed by atoms with E-state index >= 15 is 0 Å². The minimum atomic E-state index is -0.958. The van der Waals surface area contributed by atoms with Crippen LogP contribution in [0.25, 0.3) is 16.9 Å². The van der Waals surface area contributed by atoms with Crippen LogP contribution in [0.15, 0.2) is 48.8 Å². The summed E-state index contributed by atoms with van der Waals surface area (Å²) in [5.74, 6) is -0.958. The van der Waals surface area contributed by atoms with Gasteiger partial charge in [-0.3, -0.25) is 0 Å². The maximum atomic E-state index is 10.9. The van der Waals surface area contributed by atoms with E-state index in [0.717, 1.165) is 11.3 Å². The third kappa shape index (κ3) is 2.18. The Morgan fingerprint density at radius 2 is 2.05 bits per heavy atom. The number of carbonyl (C=O) groups is 1. The van der Waals surface area contributed by atoms with Crippen molar-refractivity contribution in [2.75, 3.05) is 0 Å². The first-order valence-electron chi connectivity index (χ1n) is 5.61. The highest BCUT2D eigenvalue weighted by atomic mass is 35.5. The van der Waals surface area contributed by atoms with Gasteiger partial charge in [-0.05, 0) is 24.3 Å². The Labute approximate surface area is 113 Å². The van der Waals surface area contributed by atoms with Crippen LogP contribution >= 0.6 is 11.6 Å². The molecule has 0 fully saturated rings. The third-order valence-corrected chi connectivity index (χ3v) is 3.05. The van der Waals surface area contributed by atoms with Crippen LogP contribution in [0.5, 0.6) is 0 Å². The van der Waals surface area contributed by atoms with Crippen molar-refractivity contribution in [1.29, 1.82) is 0 Å². The minimum absolute atomic E-state index is 0.225. The molecule has 0 aliphatic heterocycles. The summed E-state index contributed by atoms with van der Waals surface area (Å²) >= 11 is 5.95. The second kappa shape index (κ2) is 4.40. The second-order valence-electron chi connectivity index (χ2n) is 4.12. The van der Waals surface area contributed by atoms with Gasteiger partial charge in [0.15, 0.2) is 0 Å². The average Bonchev–Trinajstić information content (AvgIpc) is 2.81. The predicted octanol–water partition coefficient (Wildman–Crippen LogP) is 3.35. The molecule has 4 nitrogen and oxygen atoms in total. The minimum Gasteiger partial charge on any atom is -0.478 e. The zero-order chi connectivity index (χ0) is 13.4. The average molecular weight is 273 g/mol. The van der Waals surface area contributed by atoms with E-state index in [-0.39, 0.29) is 5.56 Å². The lowest BCUT2D eigenvalue weighted by Crippen LogP contribution is -1.97. The number of carboxylic acid groups (broad SMARTS) is 1. The van der Waals surface area contributed by atoms with Crippen LogP contribution in [0.1, 0.15) is 10.4 Å². The molecule has 0 spiro atoms. The smallest absolute Gasteiger partial charge is 0.337 e. The van der Waals surface area contributed by atoms with Gasteiger partial charge in [0.2, 0.25) is 0 Å². The number of aromatic nitrogens is 2. The second-order valence-corrected chi connectivity index (χ2v) is 4.56. The monoisotopic (exact) mass is 272 g/mol. The number of rotatable bonds is 2. The molecule has 94 valence electrons. The lowest BCUT2D eigenvalue weighted by Gasteiger charge is -1.95. The van der Waals surface area contributed by atoms with Gasteiger partial charge in [-0.2, -0.15) is 0 Å². The molecule has 0 radical (unpaired) electrons. The van der Waals surface area contributed by atoms with Gasteiger partial charge < -0.3 is 9.51 Å². The Hall–Kier alpha value is -2.33. The molecule has 0 amide bonds. The highest BCUT2D eigenvalue weighted by molar-refractivity contribution is 6.30. The summed E-state index contributed by atoms with van der Waals surface area (Å²) in [6.07, 6.45) is 3.33. The zero-order valence-electron chi connectivity index (χ0n) is 9.75. The zero-order valence-corrected chi connectivity index (χ0v) is 10.5. The number of nitrogens with zero attached hydrogens (tertiary/aromatic N) is 2. The van der Waals surface area contributed by atoms with Crippen molar-refractivity contribution in [1.82, 2.24) is 9.38 Å². The number of aromatic carboxylic acids is 1. The Morgan fingerprint density at radius 3 is 2.79 bits per heavy atom. The summed E-state index contributed by atoms with van der Waals surface area (Å²) in [7, 11) is 0. The first-order chi connectivity index (χ1) is 9.13. The summed E-state index contributed by atoms with van der Waals surface area (Å²) in [6.45, 7) is 0. The summed E-state index contributed by atoms with van der Waals surface area (Å²) < 4.78 is 1.69. The SMILES string of the molecule is O=C(O)c1ccc2nc(-c3cccc(Cl)c3)cn2c1. The summed E-state index contributed by atoms with van der Waals surface area (Å²) in [6, 6.07) is 10.6. The number of carboxylic acids is 1. The lowest BCUT2D eigenvalue weighted by atomic mass is 10.2. The van der Waals surface area contributed by atoms with Crippen molar-refractivity contribution in [3.05, 3.63) is 59.4 Å². The number of imidazole rings is 1. The van der Waals surface area contributed by atoms with Crippen molar-refractivity contribution < 1.29 is 9.90 Å². The molecular formula is C14H9ClN2O2. The molecule has 1 N–H and O–H groups in total. The standard InChI is InChI=1S/C14H9ClN2O2/c15-11-3-1-2-9(6-11)12-8-17-7-10(14(18)19)4-5-13(17)16-12/h1-8H,(H,18,19). The van der Waals surface area contributed by atoms with Crippen LogP contribution in [0.4, 0.5) is 0 Å². The molecule has 2 aromatic heterocycles. The van der Waals surface area contributed by atoms with E-state index < -0.39 is 5.97 Å².